The zero-order valence-corrected chi connectivity index (χ0v) is 10.9. The third kappa shape index (κ3) is 1.89. The lowest BCUT2D eigenvalue weighted by Gasteiger charge is -2.41. The van der Waals surface area contributed by atoms with Crippen LogP contribution in [0.2, 0.25) is 0 Å². The van der Waals surface area contributed by atoms with Crippen molar-refractivity contribution in [1.82, 2.24) is 0 Å². The Labute approximate surface area is 106 Å². The molecule has 18 heavy (non-hydrogen) atoms. The zero-order valence-electron chi connectivity index (χ0n) is 10.1. The minimum Gasteiger partial charge on any atom is -0.506 e. The Morgan fingerprint density at radius 2 is 2.06 bits per heavy atom. The molecule has 1 fully saturated rings. The summed E-state index contributed by atoms with van der Waals surface area (Å²) in [4.78, 5) is -0.625. The molecule has 0 atom stereocenters. The average molecular weight is 273 g/mol. The molecule has 1 aromatic rings. The van der Waals surface area contributed by atoms with Crippen molar-refractivity contribution >= 4 is 9.84 Å². The molecule has 6 heteroatoms. The molecule has 1 aromatic carbocycles. The largest absolute Gasteiger partial charge is 0.506 e. The fraction of sp³-hybridized carbons (Fsp3) is 0.500. The van der Waals surface area contributed by atoms with Crippen molar-refractivity contribution in [2.75, 3.05) is 12.8 Å². The molecule has 1 aliphatic carbocycles. The second-order valence-corrected chi connectivity index (χ2v) is 6.84. The van der Waals surface area contributed by atoms with Gasteiger partial charge < -0.3 is 10.8 Å². The molecule has 2 rings (SSSR count). The van der Waals surface area contributed by atoms with Gasteiger partial charge in [-0.3, -0.25) is 0 Å². The Kier molecular flexibility index (Phi) is 3.11. The molecule has 100 valence electrons. The van der Waals surface area contributed by atoms with Crippen LogP contribution in [0.1, 0.15) is 24.8 Å². The van der Waals surface area contributed by atoms with E-state index in [0.717, 1.165) is 25.5 Å². The number of phenols is 1. The highest BCUT2D eigenvalue weighted by atomic mass is 32.2. The molecule has 0 heterocycles. The summed E-state index contributed by atoms with van der Waals surface area (Å²) >= 11 is 0. The molecule has 0 aromatic heterocycles. The molecule has 4 nitrogen and oxygen atoms in total. The first-order valence-electron chi connectivity index (χ1n) is 5.74. The van der Waals surface area contributed by atoms with Gasteiger partial charge in [0.1, 0.15) is 16.5 Å². The van der Waals surface area contributed by atoms with Crippen molar-refractivity contribution in [3.63, 3.8) is 0 Å². The summed E-state index contributed by atoms with van der Waals surface area (Å²) in [7, 11) is -3.81. The van der Waals surface area contributed by atoms with Crippen LogP contribution in [-0.4, -0.2) is 26.3 Å². The normalized spacial score (nSPS) is 18.4. The molecule has 1 saturated carbocycles. The molecule has 0 aliphatic heterocycles. The van der Waals surface area contributed by atoms with Crippen LogP contribution >= 0.6 is 0 Å². The Balaban J connectivity index is 2.66. The number of nitrogens with two attached hydrogens (primary N) is 1. The maximum absolute atomic E-state index is 14.3. The number of rotatable bonds is 3. The van der Waals surface area contributed by atoms with Crippen molar-refractivity contribution < 1.29 is 17.9 Å². The van der Waals surface area contributed by atoms with Crippen LogP contribution in [0.3, 0.4) is 0 Å². The molecule has 0 spiro atoms. The van der Waals surface area contributed by atoms with Gasteiger partial charge in [0, 0.05) is 18.2 Å². The maximum Gasteiger partial charge on any atom is 0.182 e. The summed E-state index contributed by atoms with van der Waals surface area (Å²) < 4.78 is 37.4. The van der Waals surface area contributed by atoms with E-state index in [9.17, 15) is 17.9 Å². The minimum atomic E-state index is -3.81. The number of sulfone groups is 1. The lowest BCUT2D eigenvalue weighted by Crippen LogP contribution is -2.42. The van der Waals surface area contributed by atoms with E-state index in [-0.39, 0.29) is 6.54 Å². The molecule has 0 saturated heterocycles. The van der Waals surface area contributed by atoms with Gasteiger partial charge in [-0.05, 0) is 24.5 Å². The minimum absolute atomic E-state index is 0.276. The number of aromatic hydroxyl groups is 1. The van der Waals surface area contributed by atoms with Gasteiger partial charge >= 0.3 is 0 Å². The van der Waals surface area contributed by atoms with Crippen LogP contribution < -0.4 is 5.73 Å². The first-order valence-corrected chi connectivity index (χ1v) is 7.63. The fourth-order valence-electron chi connectivity index (χ4n) is 2.50. The topological polar surface area (TPSA) is 80.4 Å². The molecule has 3 N–H and O–H groups in total. The monoisotopic (exact) mass is 273 g/mol. The number of hydrogen-bond donors (Lipinski definition) is 2. The van der Waals surface area contributed by atoms with Crippen LogP contribution in [0, 0.1) is 5.82 Å². The predicted molar refractivity (Wildman–Crippen MR) is 65.8 cm³/mol. The van der Waals surface area contributed by atoms with Crippen LogP contribution in [0.4, 0.5) is 4.39 Å². The molecular formula is C12H16FNO3S. The maximum atomic E-state index is 14.3. The first kappa shape index (κ1) is 13.3. The Morgan fingerprint density at radius 1 is 1.44 bits per heavy atom. The lowest BCUT2D eigenvalue weighted by molar-refractivity contribution is 0.242. The standard InChI is InChI=1S/C12H16FNO3S/c1-18(16,17)11-9(15)4-3-8(10(11)13)12(7-14)5-2-6-12/h3-4,15H,2,5-7,14H2,1H3. The number of phenolic OH excluding ortho intramolecular Hbond substituents is 1. The Hall–Kier alpha value is -1.14. The van der Waals surface area contributed by atoms with E-state index in [0.29, 0.717) is 5.56 Å². The third-order valence-electron chi connectivity index (χ3n) is 3.72. The van der Waals surface area contributed by atoms with Crippen molar-refractivity contribution in [2.24, 2.45) is 5.73 Å². The molecule has 1 aliphatic rings. The SMILES string of the molecule is CS(=O)(=O)c1c(O)ccc(C2(CN)CCC2)c1F. The van der Waals surface area contributed by atoms with E-state index in [1.165, 1.54) is 12.1 Å². The van der Waals surface area contributed by atoms with E-state index in [2.05, 4.69) is 0 Å². The summed E-state index contributed by atoms with van der Waals surface area (Å²) in [6.45, 7) is 0.276. The second kappa shape index (κ2) is 4.20. The van der Waals surface area contributed by atoms with Gasteiger partial charge in [0.2, 0.25) is 0 Å². The predicted octanol–water partition coefficient (Wildman–Crippen LogP) is 1.32. The van der Waals surface area contributed by atoms with Crippen LogP contribution in [0.25, 0.3) is 0 Å². The van der Waals surface area contributed by atoms with Crippen molar-refractivity contribution in [2.45, 2.75) is 29.6 Å². The van der Waals surface area contributed by atoms with Gasteiger partial charge in [-0.2, -0.15) is 0 Å². The van der Waals surface area contributed by atoms with Crippen LogP contribution in [0.5, 0.6) is 5.75 Å². The van der Waals surface area contributed by atoms with Crippen molar-refractivity contribution in [3.8, 4) is 5.75 Å². The van der Waals surface area contributed by atoms with Crippen molar-refractivity contribution in [3.05, 3.63) is 23.5 Å². The van der Waals surface area contributed by atoms with Gasteiger partial charge in [-0.15, -0.1) is 0 Å². The number of hydrogen-bond acceptors (Lipinski definition) is 4. The number of halogens is 1. The van der Waals surface area contributed by atoms with E-state index in [1.54, 1.807) is 0 Å². The summed E-state index contributed by atoms with van der Waals surface area (Å²) in [5.41, 5.74) is 5.51. The fourth-order valence-corrected chi connectivity index (χ4v) is 3.38. The Morgan fingerprint density at radius 3 is 2.44 bits per heavy atom. The van der Waals surface area contributed by atoms with Crippen LogP contribution in [-0.2, 0) is 15.3 Å². The summed E-state index contributed by atoms with van der Waals surface area (Å²) in [6, 6.07) is 2.66. The quantitative estimate of drug-likeness (QED) is 0.870. The highest BCUT2D eigenvalue weighted by Gasteiger charge is 2.41. The molecular weight excluding hydrogens is 257 g/mol. The first-order chi connectivity index (χ1) is 8.32. The smallest absolute Gasteiger partial charge is 0.182 e. The second-order valence-electron chi connectivity index (χ2n) is 4.89. The van der Waals surface area contributed by atoms with Gasteiger partial charge in [0.05, 0.1) is 0 Å². The highest BCUT2D eigenvalue weighted by molar-refractivity contribution is 7.90. The summed E-state index contributed by atoms with van der Waals surface area (Å²) in [6.07, 6.45) is 3.32. The Bertz CT molecular complexity index is 574. The van der Waals surface area contributed by atoms with Crippen molar-refractivity contribution in [1.29, 1.82) is 0 Å². The van der Waals surface area contributed by atoms with Gasteiger partial charge in [0.25, 0.3) is 0 Å². The third-order valence-corrected chi connectivity index (χ3v) is 4.85. The van der Waals surface area contributed by atoms with E-state index in [1.807, 2.05) is 0 Å². The average Bonchev–Trinajstić information content (AvgIpc) is 2.18. The number of benzene rings is 1. The molecule has 0 radical (unpaired) electrons. The summed E-state index contributed by atoms with van der Waals surface area (Å²) in [5.74, 6) is -1.41. The van der Waals surface area contributed by atoms with Gasteiger partial charge in [0.15, 0.2) is 9.84 Å². The van der Waals surface area contributed by atoms with Gasteiger partial charge in [-0.1, -0.05) is 12.5 Å². The van der Waals surface area contributed by atoms with E-state index in [4.69, 9.17) is 5.73 Å². The summed E-state index contributed by atoms with van der Waals surface area (Å²) in [5, 5.41) is 9.53. The van der Waals surface area contributed by atoms with Crippen LogP contribution in [0.15, 0.2) is 17.0 Å². The zero-order chi connectivity index (χ0) is 13.6. The molecule has 0 amide bonds. The lowest BCUT2D eigenvalue weighted by atomic mass is 9.64. The van der Waals surface area contributed by atoms with Gasteiger partial charge in [-0.25, -0.2) is 12.8 Å². The molecule has 0 unspecified atom stereocenters. The molecule has 0 bridgehead atoms. The van der Waals surface area contributed by atoms with E-state index >= 15 is 0 Å². The highest BCUT2D eigenvalue weighted by Crippen LogP contribution is 2.45. The van der Waals surface area contributed by atoms with E-state index < -0.39 is 31.7 Å².